The maximum absolute atomic E-state index is 12.1. The summed E-state index contributed by atoms with van der Waals surface area (Å²) < 4.78 is 1.53. The largest absolute Gasteiger partial charge is 0.365 e. The van der Waals surface area contributed by atoms with Crippen molar-refractivity contribution >= 4 is 5.82 Å². The van der Waals surface area contributed by atoms with Crippen LogP contribution < -0.4 is 10.9 Å². The zero-order chi connectivity index (χ0) is 16.8. The Morgan fingerprint density at radius 3 is 2.42 bits per heavy atom. The number of nitrogens with one attached hydrogen (secondary N) is 1. The molecule has 3 rings (SSSR count). The highest BCUT2D eigenvalue weighted by atomic mass is 16.1. The van der Waals surface area contributed by atoms with Gasteiger partial charge in [-0.2, -0.15) is 0 Å². The van der Waals surface area contributed by atoms with Crippen LogP contribution in [0, 0.1) is 0 Å². The Bertz CT molecular complexity index is 828. The number of aromatic nitrogens is 2. The zero-order valence-corrected chi connectivity index (χ0v) is 13.7. The van der Waals surface area contributed by atoms with E-state index >= 15 is 0 Å². The number of nitrogens with zero attached hydrogens (tertiary/aromatic N) is 2. The highest BCUT2D eigenvalue weighted by Gasteiger charge is 2.13. The van der Waals surface area contributed by atoms with Crippen LogP contribution in [0.3, 0.4) is 0 Å². The SMILES string of the molecule is Cn1ccnc(NCC(Cc2ccccc2)c2ccccc2)c1=O. The molecular weight excluding hydrogens is 298 g/mol. The van der Waals surface area contributed by atoms with Crippen LogP contribution in [0.1, 0.15) is 17.0 Å². The molecule has 2 aromatic carbocycles. The summed E-state index contributed by atoms with van der Waals surface area (Å²) in [5.41, 5.74) is 2.42. The van der Waals surface area contributed by atoms with Crippen molar-refractivity contribution in [3.8, 4) is 0 Å². The van der Waals surface area contributed by atoms with Crippen molar-refractivity contribution in [1.82, 2.24) is 9.55 Å². The van der Waals surface area contributed by atoms with Gasteiger partial charge in [0.2, 0.25) is 0 Å². The van der Waals surface area contributed by atoms with Crippen molar-refractivity contribution in [1.29, 1.82) is 0 Å². The van der Waals surface area contributed by atoms with E-state index in [2.05, 4.69) is 46.7 Å². The molecule has 0 saturated carbocycles. The Morgan fingerprint density at radius 2 is 1.71 bits per heavy atom. The molecule has 4 heteroatoms. The summed E-state index contributed by atoms with van der Waals surface area (Å²) >= 11 is 0. The molecule has 4 nitrogen and oxygen atoms in total. The van der Waals surface area contributed by atoms with Gasteiger partial charge in [0.1, 0.15) is 0 Å². The number of hydrogen-bond acceptors (Lipinski definition) is 3. The molecule has 0 saturated heterocycles. The topological polar surface area (TPSA) is 46.9 Å². The van der Waals surface area contributed by atoms with E-state index in [9.17, 15) is 4.79 Å². The first-order chi connectivity index (χ1) is 11.7. The Morgan fingerprint density at radius 1 is 1.04 bits per heavy atom. The van der Waals surface area contributed by atoms with Gasteiger partial charge in [0, 0.05) is 31.9 Å². The summed E-state index contributed by atoms with van der Waals surface area (Å²) in [5.74, 6) is 0.661. The van der Waals surface area contributed by atoms with Crippen molar-refractivity contribution < 1.29 is 0 Å². The first-order valence-corrected chi connectivity index (χ1v) is 8.08. The van der Waals surface area contributed by atoms with Gasteiger partial charge in [-0.1, -0.05) is 60.7 Å². The second-order valence-electron chi connectivity index (χ2n) is 5.87. The highest BCUT2D eigenvalue weighted by Crippen LogP contribution is 2.21. The zero-order valence-electron chi connectivity index (χ0n) is 13.7. The Kier molecular flexibility index (Phi) is 5.06. The van der Waals surface area contributed by atoms with Crippen LogP contribution in [0.15, 0.2) is 77.9 Å². The number of anilines is 1. The molecule has 1 atom stereocenters. The molecule has 0 aliphatic heterocycles. The van der Waals surface area contributed by atoms with Crippen LogP contribution in [0.25, 0.3) is 0 Å². The van der Waals surface area contributed by atoms with Gasteiger partial charge < -0.3 is 9.88 Å². The van der Waals surface area contributed by atoms with Gasteiger partial charge in [-0.3, -0.25) is 4.79 Å². The van der Waals surface area contributed by atoms with E-state index in [0.29, 0.717) is 12.4 Å². The monoisotopic (exact) mass is 319 g/mol. The Balaban J connectivity index is 1.80. The van der Waals surface area contributed by atoms with Crippen LogP contribution >= 0.6 is 0 Å². The van der Waals surface area contributed by atoms with E-state index in [0.717, 1.165) is 6.42 Å². The van der Waals surface area contributed by atoms with Crippen LogP contribution in [0.4, 0.5) is 5.82 Å². The van der Waals surface area contributed by atoms with E-state index in [1.807, 2.05) is 24.3 Å². The number of rotatable bonds is 6. The summed E-state index contributed by atoms with van der Waals surface area (Å²) in [6.45, 7) is 0.658. The first kappa shape index (κ1) is 16.0. The first-order valence-electron chi connectivity index (χ1n) is 8.08. The molecule has 0 radical (unpaired) electrons. The molecule has 1 heterocycles. The lowest BCUT2D eigenvalue weighted by Crippen LogP contribution is -2.25. The molecule has 0 aliphatic rings. The Labute approximate surface area is 141 Å². The van der Waals surface area contributed by atoms with Gasteiger partial charge in [0.25, 0.3) is 5.56 Å². The van der Waals surface area contributed by atoms with Crippen molar-refractivity contribution in [2.45, 2.75) is 12.3 Å². The highest BCUT2D eigenvalue weighted by molar-refractivity contribution is 5.33. The lowest BCUT2D eigenvalue weighted by atomic mass is 9.92. The fraction of sp³-hybridized carbons (Fsp3) is 0.200. The molecule has 0 amide bonds. The van der Waals surface area contributed by atoms with Crippen molar-refractivity contribution in [2.75, 3.05) is 11.9 Å². The van der Waals surface area contributed by atoms with E-state index < -0.39 is 0 Å². The fourth-order valence-corrected chi connectivity index (χ4v) is 2.77. The molecule has 3 aromatic rings. The maximum Gasteiger partial charge on any atom is 0.293 e. The van der Waals surface area contributed by atoms with Gasteiger partial charge in [-0.05, 0) is 17.5 Å². The molecule has 24 heavy (non-hydrogen) atoms. The number of hydrogen-bond donors (Lipinski definition) is 1. The van der Waals surface area contributed by atoms with E-state index in [1.54, 1.807) is 19.4 Å². The smallest absolute Gasteiger partial charge is 0.293 e. The second kappa shape index (κ2) is 7.59. The van der Waals surface area contributed by atoms with Gasteiger partial charge in [0.05, 0.1) is 0 Å². The van der Waals surface area contributed by atoms with Gasteiger partial charge in [-0.25, -0.2) is 4.98 Å². The van der Waals surface area contributed by atoms with Gasteiger partial charge >= 0.3 is 0 Å². The predicted molar refractivity (Wildman–Crippen MR) is 97.3 cm³/mol. The molecule has 122 valence electrons. The summed E-state index contributed by atoms with van der Waals surface area (Å²) in [6.07, 6.45) is 4.20. The third-order valence-electron chi connectivity index (χ3n) is 4.13. The lowest BCUT2D eigenvalue weighted by Gasteiger charge is -2.18. The minimum absolute atomic E-state index is 0.107. The average Bonchev–Trinajstić information content (AvgIpc) is 2.63. The van der Waals surface area contributed by atoms with E-state index in [4.69, 9.17) is 0 Å². The molecule has 0 fully saturated rings. The van der Waals surface area contributed by atoms with Gasteiger partial charge in [-0.15, -0.1) is 0 Å². The van der Waals surface area contributed by atoms with Crippen molar-refractivity contribution in [3.05, 3.63) is 94.5 Å². The molecule has 1 N–H and O–H groups in total. The lowest BCUT2D eigenvalue weighted by molar-refractivity contribution is 0.711. The average molecular weight is 319 g/mol. The molecule has 0 spiro atoms. The van der Waals surface area contributed by atoms with Crippen molar-refractivity contribution in [3.63, 3.8) is 0 Å². The molecule has 0 aliphatic carbocycles. The third-order valence-corrected chi connectivity index (χ3v) is 4.13. The number of aryl methyl sites for hydroxylation is 1. The second-order valence-corrected chi connectivity index (χ2v) is 5.87. The van der Waals surface area contributed by atoms with E-state index in [-0.39, 0.29) is 11.5 Å². The fourth-order valence-electron chi connectivity index (χ4n) is 2.77. The minimum atomic E-state index is -0.107. The molecular formula is C20H21N3O. The van der Waals surface area contributed by atoms with Crippen molar-refractivity contribution in [2.24, 2.45) is 7.05 Å². The summed E-state index contributed by atoms with van der Waals surface area (Å²) in [7, 11) is 1.73. The molecule has 1 aromatic heterocycles. The minimum Gasteiger partial charge on any atom is -0.365 e. The predicted octanol–water partition coefficient (Wildman–Crippen LogP) is 3.22. The van der Waals surface area contributed by atoms with Crippen LogP contribution in [0.5, 0.6) is 0 Å². The normalized spacial score (nSPS) is 11.9. The molecule has 0 bridgehead atoms. The van der Waals surface area contributed by atoms with Crippen LogP contribution in [0.2, 0.25) is 0 Å². The Hall–Kier alpha value is -2.88. The molecule has 1 unspecified atom stereocenters. The summed E-state index contributed by atoms with van der Waals surface area (Å²) in [4.78, 5) is 16.3. The third kappa shape index (κ3) is 3.90. The standard InChI is InChI=1S/C20H21N3O/c1-23-13-12-21-19(20(23)24)22-15-18(17-10-6-3-7-11-17)14-16-8-4-2-5-9-16/h2-13,18H,14-15H2,1H3,(H,21,22). The number of benzene rings is 2. The van der Waals surface area contributed by atoms with Crippen LogP contribution in [-0.2, 0) is 13.5 Å². The van der Waals surface area contributed by atoms with Crippen LogP contribution in [-0.4, -0.2) is 16.1 Å². The van der Waals surface area contributed by atoms with Gasteiger partial charge in [0.15, 0.2) is 5.82 Å². The maximum atomic E-state index is 12.1. The van der Waals surface area contributed by atoms with E-state index in [1.165, 1.54) is 15.7 Å². The quantitative estimate of drug-likeness (QED) is 0.759. The summed E-state index contributed by atoms with van der Waals surface area (Å²) in [5, 5.41) is 3.23. The summed E-state index contributed by atoms with van der Waals surface area (Å²) in [6, 6.07) is 20.8.